The van der Waals surface area contributed by atoms with Crippen LogP contribution in [-0.4, -0.2) is 22.2 Å². The topological polar surface area (TPSA) is 45.2 Å². The first-order valence-electron chi connectivity index (χ1n) is 5.46. The number of nitrogens with one attached hydrogen (secondary N) is 1. The van der Waals surface area contributed by atoms with Crippen LogP contribution in [0.3, 0.4) is 0 Å². The van der Waals surface area contributed by atoms with Crippen molar-refractivity contribution in [1.82, 2.24) is 10.3 Å². The fraction of sp³-hybridized carbons (Fsp3) is 0.727. The minimum absolute atomic E-state index is 0.0175. The summed E-state index contributed by atoms with van der Waals surface area (Å²) in [5.74, 6) is 0.559. The third kappa shape index (κ3) is 2.56. The van der Waals surface area contributed by atoms with Gasteiger partial charge >= 0.3 is 0 Å². The molecular weight excluding hydrogens is 208 g/mol. The standard InChI is InChI=1S/C11H18N2OS/c1-8(2)9-5-12-10(15-9)6-13-11(7-14)3-4-11/h5,8,13-14H,3-4,6-7H2,1-2H3. The van der Waals surface area contributed by atoms with Crippen molar-refractivity contribution in [2.24, 2.45) is 0 Å². The highest BCUT2D eigenvalue weighted by Crippen LogP contribution is 2.35. The van der Waals surface area contributed by atoms with Crippen molar-refractivity contribution in [2.75, 3.05) is 6.61 Å². The van der Waals surface area contributed by atoms with Crippen LogP contribution in [0.2, 0.25) is 0 Å². The molecule has 0 spiro atoms. The number of aliphatic hydroxyl groups is 1. The Morgan fingerprint density at radius 2 is 2.33 bits per heavy atom. The summed E-state index contributed by atoms with van der Waals surface area (Å²) >= 11 is 1.76. The minimum atomic E-state index is 0.0175. The summed E-state index contributed by atoms with van der Waals surface area (Å²) in [5.41, 5.74) is 0.0175. The molecule has 0 unspecified atom stereocenters. The van der Waals surface area contributed by atoms with Gasteiger partial charge in [0.05, 0.1) is 6.61 Å². The highest BCUT2D eigenvalue weighted by Gasteiger charge is 2.41. The van der Waals surface area contributed by atoms with Crippen molar-refractivity contribution in [3.05, 3.63) is 16.1 Å². The van der Waals surface area contributed by atoms with Crippen LogP contribution in [0.5, 0.6) is 0 Å². The molecule has 1 heterocycles. The molecule has 2 N–H and O–H groups in total. The third-order valence-electron chi connectivity index (χ3n) is 2.91. The molecule has 0 aromatic carbocycles. The van der Waals surface area contributed by atoms with Crippen LogP contribution >= 0.6 is 11.3 Å². The molecule has 1 fully saturated rings. The molecule has 0 atom stereocenters. The molecular formula is C11H18N2OS. The van der Waals surface area contributed by atoms with Gasteiger partial charge in [-0.3, -0.25) is 0 Å². The van der Waals surface area contributed by atoms with Crippen LogP contribution < -0.4 is 5.32 Å². The summed E-state index contributed by atoms with van der Waals surface area (Å²) in [6, 6.07) is 0. The van der Waals surface area contributed by atoms with Crippen LogP contribution in [0, 0.1) is 0 Å². The Hall–Kier alpha value is -0.450. The van der Waals surface area contributed by atoms with Crippen molar-refractivity contribution in [3.63, 3.8) is 0 Å². The molecule has 0 bridgehead atoms. The second kappa shape index (κ2) is 4.20. The quantitative estimate of drug-likeness (QED) is 0.806. The highest BCUT2D eigenvalue weighted by atomic mass is 32.1. The molecule has 0 aliphatic heterocycles. The lowest BCUT2D eigenvalue weighted by molar-refractivity contribution is 0.229. The second-order valence-electron chi connectivity index (χ2n) is 4.60. The maximum Gasteiger partial charge on any atom is 0.107 e. The summed E-state index contributed by atoms with van der Waals surface area (Å²) in [6.07, 6.45) is 4.14. The Bertz CT molecular complexity index is 331. The number of hydrogen-bond acceptors (Lipinski definition) is 4. The summed E-state index contributed by atoms with van der Waals surface area (Å²) in [6.45, 7) is 5.40. The van der Waals surface area contributed by atoms with Gasteiger partial charge in [-0.05, 0) is 18.8 Å². The number of thiazole rings is 1. The molecule has 1 aliphatic carbocycles. The van der Waals surface area contributed by atoms with E-state index in [9.17, 15) is 0 Å². The molecule has 0 saturated heterocycles. The van der Waals surface area contributed by atoms with Crippen molar-refractivity contribution in [1.29, 1.82) is 0 Å². The van der Waals surface area contributed by atoms with Gasteiger partial charge in [0.15, 0.2) is 0 Å². The maximum absolute atomic E-state index is 9.15. The van der Waals surface area contributed by atoms with E-state index in [4.69, 9.17) is 5.11 Å². The zero-order valence-corrected chi connectivity index (χ0v) is 10.1. The normalized spacial score (nSPS) is 18.4. The fourth-order valence-electron chi connectivity index (χ4n) is 1.48. The third-order valence-corrected chi connectivity index (χ3v) is 4.21. The first kappa shape index (κ1) is 11.0. The van der Waals surface area contributed by atoms with Gasteiger partial charge in [0.25, 0.3) is 0 Å². The Morgan fingerprint density at radius 1 is 1.60 bits per heavy atom. The summed E-state index contributed by atoms with van der Waals surface area (Å²) in [5, 5.41) is 13.7. The van der Waals surface area contributed by atoms with Gasteiger partial charge in [-0.15, -0.1) is 11.3 Å². The molecule has 1 aromatic heterocycles. The summed E-state index contributed by atoms with van der Waals surface area (Å²) < 4.78 is 0. The number of aliphatic hydroxyl groups excluding tert-OH is 1. The maximum atomic E-state index is 9.15. The minimum Gasteiger partial charge on any atom is -0.394 e. The largest absolute Gasteiger partial charge is 0.394 e. The van der Waals surface area contributed by atoms with E-state index in [0.29, 0.717) is 5.92 Å². The van der Waals surface area contributed by atoms with E-state index in [-0.39, 0.29) is 12.1 Å². The Kier molecular flexibility index (Phi) is 3.09. The molecule has 84 valence electrons. The molecule has 1 aromatic rings. The van der Waals surface area contributed by atoms with Crippen LogP contribution in [0.1, 0.15) is 42.5 Å². The molecule has 15 heavy (non-hydrogen) atoms. The van der Waals surface area contributed by atoms with Crippen molar-refractivity contribution in [2.45, 2.75) is 44.7 Å². The van der Waals surface area contributed by atoms with Crippen molar-refractivity contribution < 1.29 is 5.11 Å². The predicted octanol–water partition coefficient (Wildman–Crippen LogP) is 1.88. The Balaban J connectivity index is 1.88. The van der Waals surface area contributed by atoms with Crippen LogP contribution in [0.4, 0.5) is 0 Å². The summed E-state index contributed by atoms with van der Waals surface area (Å²) in [4.78, 5) is 5.71. The highest BCUT2D eigenvalue weighted by molar-refractivity contribution is 7.11. The van der Waals surface area contributed by atoms with Crippen molar-refractivity contribution >= 4 is 11.3 Å². The van der Waals surface area contributed by atoms with E-state index in [0.717, 1.165) is 24.4 Å². The monoisotopic (exact) mass is 226 g/mol. The molecule has 4 heteroatoms. The number of nitrogens with zero attached hydrogens (tertiary/aromatic N) is 1. The molecule has 3 nitrogen and oxygen atoms in total. The SMILES string of the molecule is CC(C)c1cnc(CNC2(CO)CC2)s1. The molecule has 0 amide bonds. The van der Waals surface area contributed by atoms with E-state index in [1.54, 1.807) is 11.3 Å². The lowest BCUT2D eigenvalue weighted by Gasteiger charge is -2.12. The van der Waals surface area contributed by atoms with Crippen LogP contribution in [0.15, 0.2) is 6.20 Å². The molecule has 2 rings (SSSR count). The van der Waals surface area contributed by atoms with Gasteiger partial charge in [-0.25, -0.2) is 4.98 Å². The van der Waals surface area contributed by atoms with Gasteiger partial charge in [-0.1, -0.05) is 13.8 Å². The molecule has 1 saturated carbocycles. The fourth-order valence-corrected chi connectivity index (χ4v) is 2.34. The first-order chi connectivity index (χ1) is 7.15. The van der Waals surface area contributed by atoms with Gasteiger partial charge in [-0.2, -0.15) is 0 Å². The lowest BCUT2D eigenvalue weighted by atomic mass is 10.2. The average Bonchev–Trinajstić information content (AvgIpc) is 2.85. The second-order valence-corrected chi connectivity index (χ2v) is 5.75. The van der Waals surface area contributed by atoms with E-state index >= 15 is 0 Å². The number of aromatic nitrogens is 1. The molecule has 1 aliphatic rings. The average molecular weight is 226 g/mol. The van der Waals surface area contributed by atoms with Gasteiger partial charge in [0, 0.05) is 23.2 Å². The van der Waals surface area contributed by atoms with Gasteiger partial charge < -0.3 is 10.4 Å². The Labute approximate surface area is 94.5 Å². The summed E-state index contributed by atoms with van der Waals surface area (Å²) in [7, 11) is 0. The smallest absolute Gasteiger partial charge is 0.107 e. The van der Waals surface area contributed by atoms with E-state index in [1.807, 2.05) is 6.20 Å². The van der Waals surface area contributed by atoms with Gasteiger partial charge in [0.2, 0.25) is 0 Å². The van der Waals surface area contributed by atoms with E-state index < -0.39 is 0 Å². The molecule has 0 radical (unpaired) electrons. The lowest BCUT2D eigenvalue weighted by Crippen LogP contribution is -2.34. The zero-order valence-electron chi connectivity index (χ0n) is 9.29. The zero-order chi connectivity index (χ0) is 10.9. The number of rotatable bonds is 5. The van der Waals surface area contributed by atoms with Crippen LogP contribution in [0.25, 0.3) is 0 Å². The van der Waals surface area contributed by atoms with Gasteiger partial charge in [0.1, 0.15) is 5.01 Å². The Morgan fingerprint density at radius 3 is 2.80 bits per heavy atom. The predicted molar refractivity (Wildman–Crippen MR) is 62.1 cm³/mol. The van der Waals surface area contributed by atoms with E-state index in [1.165, 1.54) is 4.88 Å². The number of hydrogen-bond donors (Lipinski definition) is 2. The van der Waals surface area contributed by atoms with Crippen molar-refractivity contribution in [3.8, 4) is 0 Å². The van der Waals surface area contributed by atoms with Crippen LogP contribution in [-0.2, 0) is 6.54 Å². The first-order valence-corrected chi connectivity index (χ1v) is 6.27. The van der Waals surface area contributed by atoms with E-state index in [2.05, 4.69) is 24.1 Å².